The molecule has 5 rings (SSSR count). The monoisotopic (exact) mass is 286 g/mol. The van der Waals surface area contributed by atoms with E-state index in [0.717, 1.165) is 6.42 Å². The zero-order chi connectivity index (χ0) is 14.6. The molecule has 22 heavy (non-hydrogen) atoms. The highest BCUT2D eigenvalue weighted by Gasteiger charge is 2.42. The largest absolute Gasteiger partial charge is 0.0619 e. The van der Waals surface area contributed by atoms with Crippen molar-refractivity contribution in [2.75, 3.05) is 0 Å². The third-order valence-electron chi connectivity index (χ3n) is 6.22. The zero-order valence-electron chi connectivity index (χ0n) is 13.1. The van der Waals surface area contributed by atoms with Crippen LogP contribution >= 0.6 is 0 Å². The number of hydrogen-bond acceptors (Lipinski definition) is 0. The normalized spacial score (nSPS) is 21.5. The Balaban J connectivity index is 1.73. The van der Waals surface area contributed by atoms with Gasteiger partial charge in [0.15, 0.2) is 0 Å². The SMILES string of the molecule is c1ccc2c(c1)CC1=C2CC2(CCCCC2)c2ccccc21. The van der Waals surface area contributed by atoms with Crippen molar-refractivity contribution < 1.29 is 0 Å². The van der Waals surface area contributed by atoms with Crippen LogP contribution in [-0.4, -0.2) is 0 Å². The van der Waals surface area contributed by atoms with Crippen molar-refractivity contribution in [1.82, 2.24) is 0 Å². The van der Waals surface area contributed by atoms with Gasteiger partial charge in [-0.1, -0.05) is 67.8 Å². The lowest BCUT2D eigenvalue weighted by Crippen LogP contribution is -2.32. The highest BCUT2D eigenvalue weighted by atomic mass is 14.5. The molecule has 0 aromatic heterocycles. The molecule has 0 heterocycles. The first-order valence-corrected chi connectivity index (χ1v) is 8.78. The maximum atomic E-state index is 2.42. The van der Waals surface area contributed by atoms with Gasteiger partial charge in [-0.3, -0.25) is 0 Å². The molecule has 0 aliphatic heterocycles. The number of allylic oxidation sites excluding steroid dienone is 2. The van der Waals surface area contributed by atoms with Crippen LogP contribution in [0.3, 0.4) is 0 Å². The second-order valence-corrected chi connectivity index (χ2v) is 7.35. The average Bonchev–Trinajstić information content (AvgIpc) is 2.95. The van der Waals surface area contributed by atoms with E-state index in [1.165, 1.54) is 49.7 Å². The molecule has 0 atom stereocenters. The van der Waals surface area contributed by atoms with Gasteiger partial charge >= 0.3 is 0 Å². The first-order valence-electron chi connectivity index (χ1n) is 8.78. The van der Waals surface area contributed by atoms with Gasteiger partial charge in [0.25, 0.3) is 0 Å². The van der Waals surface area contributed by atoms with E-state index >= 15 is 0 Å². The maximum Gasteiger partial charge on any atom is -0.0000296 e. The topological polar surface area (TPSA) is 0 Å². The molecule has 0 N–H and O–H groups in total. The molecule has 0 heteroatoms. The Morgan fingerprint density at radius 2 is 1.41 bits per heavy atom. The van der Waals surface area contributed by atoms with E-state index in [9.17, 15) is 0 Å². The zero-order valence-corrected chi connectivity index (χ0v) is 13.1. The smallest absolute Gasteiger partial charge is 0.0000296 e. The third kappa shape index (κ3) is 1.64. The number of rotatable bonds is 0. The minimum Gasteiger partial charge on any atom is -0.0619 e. The summed E-state index contributed by atoms with van der Waals surface area (Å²) in [5.41, 5.74) is 9.99. The van der Waals surface area contributed by atoms with E-state index in [1.807, 2.05) is 0 Å². The van der Waals surface area contributed by atoms with Crippen molar-refractivity contribution >= 4 is 11.1 Å². The first-order chi connectivity index (χ1) is 10.9. The van der Waals surface area contributed by atoms with Gasteiger partial charge < -0.3 is 0 Å². The van der Waals surface area contributed by atoms with E-state index in [4.69, 9.17) is 0 Å². The standard InChI is InChI=1S/C22H22/c1-6-12-22(13-7-1)15-20-17-9-3-2-8-16(17)14-19(20)18-10-4-5-11-21(18)22/h2-5,8-11H,1,6-7,12-15H2. The molecule has 0 saturated heterocycles. The molecular weight excluding hydrogens is 264 g/mol. The number of benzene rings is 2. The minimum atomic E-state index is 0.422. The van der Waals surface area contributed by atoms with Gasteiger partial charge in [0, 0.05) is 0 Å². The molecule has 0 unspecified atom stereocenters. The van der Waals surface area contributed by atoms with Gasteiger partial charge in [0.2, 0.25) is 0 Å². The molecule has 2 aromatic carbocycles. The van der Waals surface area contributed by atoms with Gasteiger partial charge in [-0.25, -0.2) is 0 Å². The van der Waals surface area contributed by atoms with Gasteiger partial charge in [-0.15, -0.1) is 0 Å². The van der Waals surface area contributed by atoms with Gasteiger partial charge in [-0.2, -0.15) is 0 Å². The molecule has 0 bridgehead atoms. The average molecular weight is 286 g/mol. The van der Waals surface area contributed by atoms with Crippen LogP contribution in [0.4, 0.5) is 0 Å². The summed E-state index contributed by atoms with van der Waals surface area (Å²) in [7, 11) is 0. The van der Waals surface area contributed by atoms with Crippen molar-refractivity contribution in [2.45, 2.75) is 50.4 Å². The van der Waals surface area contributed by atoms with Crippen LogP contribution in [-0.2, 0) is 11.8 Å². The molecule has 3 aliphatic rings. The van der Waals surface area contributed by atoms with E-state index in [0.29, 0.717) is 5.41 Å². The predicted molar refractivity (Wildman–Crippen MR) is 92.8 cm³/mol. The summed E-state index contributed by atoms with van der Waals surface area (Å²) in [6.45, 7) is 0. The lowest BCUT2D eigenvalue weighted by molar-refractivity contribution is 0.296. The lowest BCUT2D eigenvalue weighted by Gasteiger charge is -2.43. The van der Waals surface area contributed by atoms with Crippen LogP contribution in [0.25, 0.3) is 11.1 Å². The number of hydrogen-bond donors (Lipinski definition) is 0. The van der Waals surface area contributed by atoms with Crippen LogP contribution < -0.4 is 0 Å². The molecule has 110 valence electrons. The second kappa shape index (κ2) is 4.59. The first kappa shape index (κ1) is 12.7. The molecule has 0 amide bonds. The van der Waals surface area contributed by atoms with Crippen LogP contribution in [0.1, 0.15) is 60.8 Å². The fraction of sp³-hybridized carbons (Fsp3) is 0.364. The lowest BCUT2D eigenvalue weighted by atomic mass is 9.61. The quantitative estimate of drug-likeness (QED) is 0.577. The van der Waals surface area contributed by atoms with Crippen molar-refractivity contribution in [2.24, 2.45) is 0 Å². The molecular formula is C22H22. The Hall–Kier alpha value is -1.82. The highest BCUT2D eigenvalue weighted by Crippen LogP contribution is 2.55. The Bertz CT molecular complexity index is 772. The third-order valence-corrected chi connectivity index (χ3v) is 6.22. The Labute approximate surface area is 132 Å². The molecule has 3 aliphatic carbocycles. The van der Waals surface area contributed by atoms with Crippen molar-refractivity contribution in [3.8, 4) is 0 Å². The second-order valence-electron chi connectivity index (χ2n) is 7.35. The van der Waals surface area contributed by atoms with Crippen LogP contribution in [0.15, 0.2) is 48.5 Å². The summed E-state index contributed by atoms with van der Waals surface area (Å²) in [5.74, 6) is 0. The summed E-state index contributed by atoms with van der Waals surface area (Å²) >= 11 is 0. The summed E-state index contributed by atoms with van der Waals surface area (Å²) in [5, 5.41) is 0. The molecule has 2 aromatic rings. The number of fused-ring (bicyclic) bond motifs is 5. The fourth-order valence-corrected chi connectivity index (χ4v) is 5.21. The summed E-state index contributed by atoms with van der Waals surface area (Å²) < 4.78 is 0. The van der Waals surface area contributed by atoms with E-state index in [1.54, 1.807) is 22.3 Å². The van der Waals surface area contributed by atoms with Gasteiger partial charge in [0.05, 0.1) is 0 Å². The molecule has 1 fully saturated rings. The van der Waals surface area contributed by atoms with Gasteiger partial charge in [0.1, 0.15) is 0 Å². The van der Waals surface area contributed by atoms with Crippen molar-refractivity contribution in [3.63, 3.8) is 0 Å². The molecule has 1 spiro atoms. The summed E-state index contributed by atoms with van der Waals surface area (Å²) in [4.78, 5) is 0. The minimum absolute atomic E-state index is 0.422. The van der Waals surface area contributed by atoms with Crippen LogP contribution in [0.2, 0.25) is 0 Å². The van der Waals surface area contributed by atoms with Gasteiger partial charge in [-0.05, 0) is 64.5 Å². The van der Waals surface area contributed by atoms with Crippen LogP contribution in [0, 0.1) is 0 Å². The van der Waals surface area contributed by atoms with Crippen molar-refractivity contribution in [3.05, 3.63) is 70.8 Å². The molecule has 0 radical (unpaired) electrons. The Kier molecular flexibility index (Phi) is 2.65. The summed E-state index contributed by atoms with van der Waals surface area (Å²) in [6.07, 6.45) is 9.39. The molecule has 0 nitrogen and oxygen atoms in total. The fourth-order valence-electron chi connectivity index (χ4n) is 5.21. The van der Waals surface area contributed by atoms with Crippen LogP contribution in [0.5, 0.6) is 0 Å². The maximum absolute atomic E-state index is 2.42. The predicted octanol–water partition coefficient (Wildman–Crippen LogP) is 5.76. The van der Waals surface area contributed by atoms with E-state index in [-0.39, 0.29) is 0 Å². The highest BCUT2D eigenvalue weighted by molar-refractivity contribution is 6.00. The van der Waals surface area contributed by atoms with E-state index in [2.05, 4.69) is 48.5 Å². The Morgan fingerprint density at radius 3 is 2.27 bits per heavy atom. The van der Waals surface area contributed by atoms with E-state index < -0.39 is 0 Å². The molecule has 1 saturated carbocycles. The summed E-state index contributed by atoms with van der Waals surface area (Å²) in [6, 6.07) is 18.4. The Morgan fingerprint density at radius 1 is 0.682 bits per heavy atom. The van der Waals surface area contributed by atoms with Crippen molar-refractivity contribution in [1.29, 1.82) is 0 Å².